The zero-order chi connectivity index (χ0) is 26.8. The summed E-state index contributed by atoms with van der Waals surface area (Å²) >= 11 is 5.36. The standard InChI is InChI=1S/C22H41N5O3SSi2/c1-21(2,3)32(7,8)28-12-15-14(30-33(9,10)22(4,5)6)11-16(29-15)27-13-24-17-18(27)25-20(23)26-19(17)31/h13-16H,11-12H2,1-10H3,(H3,23,25,26,31)/t14-,15+,16+/m0/s1/i12D2. The number of hydrogen-bond acceptors (Lipinski definition) is 7. The predicted molar refractivity (Wildman–Crippen MR) is 141 cm³/mol. The second-order valence-electron chi connectivity index (χ2n) is 11.9. The molecule has 0 unspecified atom stereocenters. The molecule has 2 aromatic rings. The number of aromatic nitrogens is 4. The molecule has 0 amide bonds. The molecule has 8 nitrogen and oxygen atoms in total. The molecular weight excluding hydrogens is 471 g/mol. The molecular formula is C22H41N5O3SSi2. The molecule has 1 aliphatic heterocycles. The molecule has 0 aromatic carbocycles. The summed E-state index contributed by atoms with van der Waals surface area (Å²) in [6.45, 7) is 19.1. The number of nitrogen functional groups attached to an aromatic ring is 1. The molecule has 1 aliphatic rings. The van der Waals surface area contributed by atoms with Crippen molar-refractivity contribution in [3.05, 3.63) is 11.0 Å². The Morgan fingerprint density at radius 2 is 1.82 bits per heavy atom. The van der Waals surface area contributed by atoms with Gasteiger partial charge in [0.25, 0.3) is 0 Å². The Morgan fingerprint density at radius 3 is 2.39 bits per heavy atom. The van der Waals surface area contributed by atoms with Gasteiger partial charge in [-0.25, -0.2) is 4.98 Å². The molecule has 3 heterocycles. The summed E-state index contributed by atoms with van der Waals surface area (Å²) in [6, 6.07) is 0. The Balaban J connectivity index is 2.02. The first-order valence-corrected chi connectivity index (χ1v) is 17.6. The summed E-state index contributed by atoms with van der Waals surface area (Å²) in [5, 5.41) is -0.208. The minimum Gasteiger partial charge on any atom is -0.414 e. The zero-order valence-corrected chi connectivity index (χ0v) is 24.4. The summed E-state index contributed by atoms with van der Waals surface area (Å²) in [6.07, 6.45) is 0.0521. The number of nitrogens with two attached hydrogens (primary N) is 1. The van der Waals surface area contributed by atoms with Crippen molar-refractivity contribution < 1.29 is 16.3 Å². The number of hydrogen-bond donors (Lipinski definition) is 2. The molecule has 1 fully saturated rings. The highest BCUT2D eigenvalue weighted by Crippen LogP contribution is 2.42. The number of ether oxygens (including phenoxy) is 1. The first-order chi connectivity index (χ1) is 15.7. The van der Waals surface area contributed by atoms with Crippen LogP contribution in [0.3, 0.4) is 0 Å². The SMILES string of the molecule is [2H]C([2H])(O[Si](C)(C)C(C)(C)C)[C@H]1O[C@@H](n2cnc3c(=S)[nH]c(N)nc32)C[C@@H]1O[Si](C)(C)C(C)(C)C. The largest absolute Gasteiger partial charge is 0.414 e. The summed E-state index contributed by atoms with van der Waals surface area (Å²) in [7, 11) is -4.69. The van der Waals surface area contributed by atoms with E-state index in [2.05, 4.69) is 69.6 Å². The van der Waals surface area contributed by atoms with E-state index in [0.717, 1.165) is 0 Å². The molecule has 0 bridgehead atoms. The van der Waals surface area contributed by atoms with E-state index in [4.69, 9.17) is 34.3 Å². The summed E-state index contributed by atoms with van der Waals surface area (Å²) in [5.74, 6) is 0.185. The predicted octanol–water partition coefficient (Wildman–Crippen LogP) is 5.77. The molecule has 0 spiro atoms. The van der Waals surface area contributed by atoms with E-state index < -0.39 is 41.6 Å². The van der Waals surface area contributed by atoms with Crippen LogP contribution in [-0.4, -0.2) is 54.9 Å². The van der Waals surface area contributed by atoms with Crippen molar-refractivity contribution >= 4 is 46.0 Å². The molecule has 1 saturated heterocycles. The smallest absolute Gasteiger partial charge is 0.200 e. The molecule has 0 aliphatic carbocycles. The van der Waals surface area contributed by atoms with Gasteiger partial charge in [0.05, 0.1) is 21.7 Å². The molecule has 3 atom stereocenters. The van der Waals surface area contributed by atoms with E-state index in [1.54, 1.807) is 10.9 Å². The van der Waals surface area contributed by atoms with Gasteiger partial charge in [-0.3, -0.25) is 4.57 Å². The van der Waals surface area contributed by atoms with E-state index in [1.165, 1.54) is 0 Å². The van der Waals surface area contributed by atoms with Gasteiger partial charge in [0.1, 0.15) is 22.5 Å². The summed E-state index contributed by atoms with van der Waals surface area (Å²) in [4.78, 5) is 11.6. The van der Waals surface area contributed by atoms with Crippen molar-refractivity contribution in [2.75, 3.05) is 12.3 Å². The number of imidazole rings is 1. The fourth-order valence-corrected chi connectivity index (χ4v) is 5.39. The van der Waals surface area contributed by atoms with Crippen LogP contribution in [0.15, 0.2) is 6.33 Å². The average Bonchev–Trinajstić information content (AvgIpc) is 3.23. The number of H-pyrrole nitrogens is 1. The van der Waals surface area contributed by atoms with E-state index >= 15 is 0 Å². The van der Waals surface area contributed by atoms with Gasteiger partial charge < -0.3 is 24.3 Å². The lowest BCUT2D eigenvalue weighted by molar-refractivity contribution is -0.0383. The number of nitrogens with one attached hydrogen (secondary N) is 1. The van der Waals surface area contributed by atoms with Crippen LogP contribution in [0.2, 0.25) is 36.3 Å². The van der Waals surface area contributed by atoms with E-state index in [1.807, 2.05) is 13.1 Å². The topological polar surface area (TPSA) is 100 Å². The van der Waals surface area contributed by atoms with Crippen molar-refractivity contribution in [3.8, 4) is 0 Å². The van der Waals surface area contributed by atoms with Gasteiger partial charge in [0, 0.05) is 6.42 Å². The maximum atomic E-state index is 9.01. The number of fused-ring (bicyclic) bond motifs is 1. The molecule has 3 N–H and O–H groups in total. The highest BCUT2D eigenvalue weighted by molar-refractivity contribution is 7.71. The Morgan fingerprint density at radius 1 is 1.21 bits per heavy atom. The minimum absolute atomic E-state index is 0.0482. The molecule has 2 aromatic heterocycles. The van der Waals surface area contributed by atoms with Crippen LogP contribution in [0, 0.1) is 4.64 Å². The quantitative estimate of drug-likeness (QED) is 0.373. The van der Waals surface area contributed by atoms with E-state index in [-0.39, 0.29) is 16.0 Å². The highest BCUT2D eigenvalue weighted by Gasteiger charge is 2.46. The van der Waals surface area contributed by atoms with Crippen molar-refractivity contribution in [2.45, 2.75) is 103 Å². The third kappa shape index (κ3) is 5.43. The number of nitrogens with zero attached hydrogens (tertiary/aromatic N) is 3. The summed E-state index contributed by atoms with van der Waals surface area (Å²) < 4.78 is 39.6. The third-order valence-corrected chi connectivity index (χ3v) is 16.4. The zero-order valence-electron chi connectivity index (χ0n) is 23.6. The van der Waals surface area contributed by atoms with Crippen LogP contribution < -0.4 is 5.73 Å². The van der Waals surface area contributed by atoms with Crippen molar-refractivity contribution in [1.82, 2.24) is 19.5 Å². The molecule has 11 heteroatoms. The van der Waals surface area contributed by atoms with Crippen molar-refractivity contribution in [1.29, 1.82) is 0 Å². The Bertz CT molecular complexity index is 1140. The first kappa shape index (κ1) is 23.6. The molecule has 0 radical (unpaired) electrons. The van der Waals surface area contributed by atoms with Crippen LogP contribution in [0.25, 0.3) is 11.2 Å². The first-order valence-electron chi connectivity index (χ1n) is 12.4. The number of rotatable bonds is 6. The van der Waals surface area contributed by atoms with Gasteiger partial charge in [0.15, 0.2) is 22.3 Å². The highest BCUT2D eigenvalue weighted by atomic mass is 32.1. The lowest BCUT2D eigenvalue weighted by Crippen LogP contribution is -2.48. The van der Waals surface area contributed by atoms with Crippen LogP contribution in [0.5, 0.6) is 0 Å². The lowest BCUT2D eigenvalue weighted by Gasteiger charge is -2.40. The Hall–Kier alpha value is -1.12. The van der Waals surface area contributed by atoms with Gasteiger partial charge in [-0.2, -0.15) is 4.98 Å². The van der Waals surface area contributed by atoms with Gasteiger partial charge in [-0.1, -0.05) is 53.8 Å². The van der Waals surface area contributed by atoms with Crippen LogP contribution in [0.4, 0.5) is 5.95 Å². The van der Waals surface area contributed by atoms with Gasteiger partial charge >= 0.3 is 0 Å². The Labute approximate surface area is 207 Å². The van der Waals surface area contributed by atoms with Crippen molar-refractivity contribution in [3.63, 3.8) is 0 Å². The number of anilines is 1. The lowest BCUT2D eigenvalue weighted by atomic mass is 10.2. The third-order valence-electron chi connectivity index (χ3n) is 7.32. The van der Waals surface area contributed by atoms with Crippen LogP contribution in [0.1, 0.15) is 56.9 Å². The molecule has 3 rings (SSSR count). The van der Waals surface area contributed by atoms with Crippen LogP contribution in [-0.2, 0) is 13.6 Å². The molecule has 33 heavy (non-hydrogen) atoms. The average molecular weight is 514 g/mol. The van der Waals surface area contributed by atoms with Gasteiger partial charge in [0.2, 0.25) is 5.95 Å². The fraction of sp³-hybridized carbons (Fsp3) is 0.773. The van der Waals surface area contributed by atoms with Gasteiger partial charge in [-0.15, -0.1) is 0 Å². The maximum Gasteiger partial charge on any atom is 0.200 e. The number of aromatic amines is 1. The minimum atomic E-state index is -2.44. The van der Waals surface area contributed by atoms with Crippen molar-refractivity contribution in [2.24, 2.45) is 0 Å². The monoisotopic (exact) mass is 513 g/mol. The second-order valence-corrected chi connectivity index (χ2v) is 21.8. The van der Waals surface area contributed by atoms with E-state index in [9.17, 15) is 0 Å². The maximum absolute atomic E-state index is 9.01. The normalized spacial score (nSPS) is 24.2. The van der Waals surface area contributed by atoms with Crippen LogP contribution >= 0.6 is 12.2 Å². The Kier molecular flexibility index (Phi) is 6.32. The second kappa shape index (κ2) is 8.83. The fourth-order valence-electron chi connectivity index (χ4n) is 3.09. The molecule has 186 valence electrons. The molecule has 0 saturated carbocycles. The summed E-state index contributed by atoms with van der Waals surface area (Å²) in [5.41, 5.74) is 6.92. The van der Waals surface area contributed by atoms with E-state index in [0.29, 0.717) is 22.2 Å². The van der Waals surface area contributed by atoms with Gasteiger partial charge in [-0.05, 0) is 36.3 Å².